The van der Waals surface area contributed by atoms with Crippen molar-refractivity contribution in [3.05, 3.63) is 6.92 Å². The summed E-state index contributed by atoms with van der Waals surface area (Å²) in [5.41, 5.74) is 0. The molecule has 0 aliphatic carbocycles. The Morgan fingerprint density at radius 2 is 1.50 bits per heavy atom. The van der Waals surface area contributed by atoms with E-state index in [1.165, 1.54) is 32.1 Å². The highest BCUT2D eigenvalue weighted by Gasteiger charge is 1.99. The zero-order valence-corrected chi connectivity index (χ0v) is 9.69. The highest BCUT2D eigenvalue weighted by atomic mass is 16.1. The maximum Gasteiger partial charge on any atom is 0.132 e. The largest absolute Gasteiger partial charge is 0.300 e. The number of rotatable bonds is 10. The molecular weight excluding hydrogens is 172 g/mol. The molecule has 0 aliphatic heterocycles. The third kappa shape index (κ3) is 9.76. The quantitative estimate of drug-likeness (QED) is 0.477. The van der Waals surface area contributed by atoms with E-state index in [4.69, 9.17) is 0 Å². The van der Waals surface area contributed by atoms with E-state index in [9.17, 15) is 4.79 Å². The van der Waals surface area contributed by atoms with Crippen LogP contribution in [0.2, 0.25) is 0 Å². The maximum atomic E-state index is 11.2. The molecule has 1 heteroatoms. The Bertz CT molecular complexity index is 129. The molecule has 0 heterocycles. The first kappa shape index (κ1) is 13.7. The summed E-state index contributed by atoms with van der Waals surface area (Å²) in [5, 5.41) is 0. The fourth-order valence-corrected chi connectivity index (χ4v) is 1.61. The lowest BCUT2D eigenvalue weighted by molar-refractivity contribution is -0.119. The van der Waals surface area contributed by atoms with Crippen molar-refractivity contribution in [3.8, 4) is 0 Å². The van der Waals surface area contributed by atoms with Gasteiger partial charge >= 0.3 is 0 Å². The predicted molar refractivity (Wildman–Crippen MR) is 62.2 cm³/mol. The summed E-state index contributed by atoms with van der Waals surface area (Å²) in [4.78, 5) is 11.2. The van der Waals surface area contributed by atoms with E-state index < -0.39 is 0 Å². The topological polar surface area (TPSA) is 17.1 Å². The maximum absolute atomic E-state index is 11.2. The van der Waals surface area contributed by atoms with Crippen molar-refractivity contribution in [1.82, 2.24) is 0 Å². The molecule has 0 N–H and O–H groups in total. The van der Waals surface area contributed by atoms with Gasteiger partial charge in [-0.05, 0) is 12.8 Å². The third-order valence-corrected chi connectivity index (χ3v) is 2.48. The second-order valence-corrected chi connectivity index (χ2v) is 4.01. The van der Waals surface area contributed by atoms with E-state index in [2.05, 4.69) is 13.8 Å². The summed E-state index contributed by atoms with van der Waals surface area (Å²) < 4.78 is 0. The van der Waals surface area contributed by atoms with Gasteiger partial charge in [0.05, 0.1) is 0 Å². The fourth-order valence-electron chi connectivity index (χ4n) is 1.61. The van der Waals surface area contributed by atoms with E-state index >= 15 is 0 Å². The molecule has 1 nitrogen and oxygen atoms in total. The molecule has 0 aromatic heterocycles. The van der Waals surface area contributed by atoms with Crippen molar-refractivity contribution in [2.24, 2.45) is 0 Å². The highest BCUT2D eigenvalue weighted by molar-refractivity contribution is 5.78. The van der Waals surface area contributed by atoms with E-state index in [1.54, 1.807) is 0 Å². The first-order valence-electron chi connectivity index (χ1n) is 6.12. The number of carbonyl (C=O) groups is 1. The average molecular weight is 197 g/mol. The number of unbranched alkanes of at least 4 members (excludes halogenated alkanes) is 6. The van der Waals surface area contributed by atoms with Crippen LogP contribution in [-0.2, 0) is 4.79 Å². The van der Waals surface area contributed by atoms with Crippen LogP contribution in [0.25, 0.3) is 0 Å². The molecule has 0 aromatic carbocycles. The Kier molecular flexibility index (Phi) is 10.5. The lowest BCUT2D eigenvalue weighted by Crippen LogP contribution is -1.96. The van der Waals surface area contributed by atoms with Crippen LogP contribution in [0.4, 0.5) is 0 Å². The van der Waals surface area contributed by atoms with Gasteiger partial charge in [-0.1, -0.05) is 52.4 Å². The lowest BCUT2D eigenvalue weighted by Gasteiger charge is -2.00. The second-order valence-electron chi connectivity index (χ2n) is 4.01. The summed E-state index contributed by atoms with van der Waals surface area (Å²) in [6.45, 7) is 5.88. The van der Waals surface area contributed by atoms with Gasteiger partial charge < -0.3 is 0 Å². The van der Waals surface area contributed by atoms with Crippen LogP contribution in [0.3, 0.4) is 0 Å². The van der Waals surface area contributed by atoms with Crippen molar-refractivity contribution in [2.45, 2.75) is 71.1 Å². The van der Waals surface area contributed by atoms with E-state index in [0.717, 1.165) is 32.1 Å². The van der Waals surface area contributed by atoms with Crippen LogP contribution < -0.4 is 0 Å². The highest BCUT2D eigenvalue weighted by Crippen LogP contribution is 2.09. The Hall–Kier alpha value is -0.330. The second kappa shape index (κ2) is 10.7. The molecule has 0 rings (SSSR count). The summed E-state index contributed by atoms with van der Waals surface area (Å²) in [6, 6.07) is 0. The van der Waals surface area contributed by atoms with E-state index in [-0.39, 0.29) is 0 Å². The van der Waals surface area contributed by atoms with Crippen LogP contribution in [-0.4, -0.2) is 5.78 Å². The molecule has 0 fully saturated rings. The third-order valence-electron chi connectivity index (χ3n) is 2.48. The number of hydrogen-bond donors (Lipinski definition) is 0. The van der Waals surface area contributed by atoms with Crippen molar-refractivity contribution in [3.63, 3.8) is 0 Å². The summed E-state index contributed by atoms with van der Waals surface area (Å²) >= 11 is 0. The van der Waals surface area contributed by atoms with Crippen molar-refractivity contribution in [1.29, 1.82) is 0 Å². The molecule has 0 bridgehead atoms. The molecule has 0 atom stereocenters. The molecule has 0 aromatic rings. The van der Waals surface area contributed by atoms with Gasteiger partial charge in [0.25, 0.3) is 0 Å². The number of hydrogen-bond acceptors (Lipinski definition) is 1. The fraction of sp³-hybridized carbons (Fsp3) is 0.846. The minimum absolute atomic E-state index is 0.449. The molecule has 0 aliphatic rings. The van der Waals surface area contributed by atoms with E-state index in [1.807, 2.05) is 0 Å². The molecule has 1 radical (unpaired) electrons. The van der Waals surface area contributed by atoms with E-state index in [0.29, 0.717) is 5.78 Å². The molecule has 83 valence electrons. The van der Waals surface area contributed by atoms with Gasteiger partial charge in [0.15, 0.2) is 0 Å². The molecule has 0 amide bonds. The number of Topliss-reactive ketones (excluding diaryl/α,β-unsaturated/α-hetero) is 1. The molecule has 0 unspecified atom stereocenters. The predicted octanol–water partition coefficient (Wildman–Crippen LogP) is 4.31. The molecule has 0 saturated heterocycles. The summed E-state index contributed by atoms with van der Waals surface area (Å²) in [5.74, 6) is 0.449. The van der Waals surface area contributed by atoms with Crippen molar-refractivity contribution in [2.75, 3.05) is 0 Å². The van der Waals surface area contributed by atoms with Gasteiger partial charge in [0.1, 0.15) is 5.78 Å². The number of ketones is 1. The molecular formula is C13H25O. The van der Waals surface area contributed by atoms with Crippen LogP contribution in [0.15, 0.2) is 0 Å². The standard InChI is InChI=1S/C13H25O/c1-3-5-6-7-8-9-10-12-13(14)11-4-2/h1,3-12H2,2H3. The normalized spacial score (nSPS) is 10.4. The number of carbonyl (C=O) groups excluding carboxylic acids is 1. The molecule has 0 saturated carbocycles. The van der Waals surface area contributed by atoms with Gasteiger partial charge in [-0.25, -0.2) is 0 Å². The first-order chi connectivity index (χ1) is 6.81. The van der Waals surface area contributed by atoms with Crippen LogP contribution in [0, 0.1) is 6.92 Å². The first-order valence-corrected chi connectivity index (χ1v) is 6.12. The van der Waals surface area contributed by atoms with Gasteiger partial charge in [-0.15, -0.1) is 0 Å². The molecule has 0 spiro atoms. The van der Waals surface area contributed by atoms with Crippen molar-refractivity contribution >= 4 is 5.78 Å². The minimum Gasteiger partial charge on any atom is -0.300 e. The monoisotopic (exact) mass is 197 g/mol. The Labute approximate surface area is 89.3 Å². The van der Waals surface area contributed by atoms with Crippen LogP contribution in [0.5, 0.6) is 0 Å². The van der Waals surface area contributed by atoms with Gasteiger partial charge in [0, 0.05) is 12.8 Å². The minimum atomic E-state index is 0.449. The van der Waals surface area contributed by atoms with Gasteiger partial charge in [-0.2, -0.15) is 0 Å². The Balaban J connectivity index is 3.01. The van der Waals surface area contributed by atoms with Crippen LogP contribution in [0.1, 0.15) is 71.1 Å². The summed E-state index contributed by atoms with van der Waals surface area (Å²) in [7, 11) is 0. The van der Waals surface area contributed by atoms with Crippen LogP contribution >= 0.6 is 0 Å². The Morgan fingerprint density at radius 1 is 0.929 bits per heavy atom. The van der Waals surface area contributed by atoms with Gasteiger partial charge in [0.2, 0.25) is 0 Å². The zero-order valence-electron chi connectivity index (χ0n) is 9.69. The van der Waals surface area contributed by atoms with Crippen molar-refractivity contribution < 1.29 is 4.79 Å². The zero-order chi connectivity index (χ0) is 10.6. The SMILES string of the molecule is [CH2]CCCCCCCCC(=O)CCC. The smallest absolute Gasteiger partial charge is 0.132 e. The van der Waals surface area contributed by atoms with Gasteiger partial charge in [-0.3, -0.25) is 4.79 Å². The molecule has 14 heavy (non-hydrogen) atoms. The Morgan fingerprint density at radius 3 is 2.07 bits per heavy atom. The summed E-state index contributed by atoms with van der Waals surface area (Å²) in [6.07, 6.45) is 11.2. The average Bonchev–Trinajstić information content (AvgIpc) is 2.17. The lowest BCUT2D eigenvalue weighted by atomic mass is 10.1.